The third-order valence-electron chi connectivity index (χ3n) is 13.8. The molecule has 0 aromatic heterocycles. The predicted octanol–water partition coefficient (Wildman–Crippen LogP) is 16.3. The first-order valence-corrected chi connectivity index (χ1v) is 28.4. The maximum Gasteiger partial charge on any atom is 0.249 e. The topological polar surface area (TPSA) is 110 Å². The zero-order valence-corrected chi connectivity index (χ0v) is 42.2. The molecule has 0 aliphatic heterocycles. The van der Waals surface area contributed by atoms with Gasteiger partial charge in [-0.15, -0.1) is 0 Å². The molecule has 0 spiro atoms. The normalized spacial score (nSPS) is 13.7. The Morgan fingerprint density at radius 1 is 0.339 bits per heavy atom. The number of hydrogen-bond acceptors (Lipinski definition) is 5. The van der Waals surface area contributed by atoms with E-state index in [0.717, 1.165) is 38.5 Å². The van der Waals surface area contributed by atoms with Crippen LogP contribution in [0.4, 0.5) is 0 Å². The lowest BCUT2D eigenvalue weighted by molar-refractivity contribution is -0.132. The summed E-state index contributed by atoms with van der Waals surface area (Å²) in [4.78, 5) is 12.6. The highest BCUT2D eigenvalue weighted by molar-refractivity contribution is 5.80. The quantitative estimate of drug-likeness (QED) is 0.0391. The van der Waals surface area contributed by atoms with Crippen molar-refractivity contribution in [2.75, 3.05) is 6.61 Å². The molecule has 1 amide bonds. The van der Waals surface area contributed by atoms with Crippen molar-refractivity contribution >= 4 is 5.91 Å². The first-order chi connectivity index (χ1) is 30.5. The van der Waals surface area contributed by atoms with Gasteiger partial charge < -0.3 is 25.7 Å². The van der Waals surface area contributed by atoms with Crippen molar-refractivity contribution in [3.05, 3.63) is 0 Å². The number of aliphatic hydroxyl groups is 4. The zero-order valence-electron chi connectivity index (χ0n) is 42.2. The fourth-order valence-electron chi connectivity index (χ4n) is 9.35. The molecule has 4 atom stereocenters. The summed E-state index contributed by atoms with van der Waals surface area (Å²) in [5, 5.41) is 44.0. The summed E-state index contributed by atoms with van der Waals surface area (Å²) in [6.45, 7) is 4.10. The third-order valence-corrected chi connectivity index (χ3v) is 13.8. The van der Waals surface area contributed by atoms with Gasteiger partial charge in [-0.25, -0.2) is 0 Å². The van der Waals surface area contributed by atoms with E-state index < -0.39 is 36.9 Å². The van der Waals surface area contributed by atoms with E-state index in [-0.39, 0.29) is 0 Å². The van der Waals surface area contributed by atoms with Crippen molar-refractivity contribution in [1.29, 1.82) is 0 Å². The van der Waals surface area contributed by atoms with Gasteiger partial charge in [0.25, 0.3) is 0 Å². The molecule has 6 nitrogen and oxygen atoms in total. The molecule has 0 bridgehead atoms. The first-order valence-electron chi connectivity index (χ1n) is 28.4. The molecule has 4 unspecified atom stereocenters. The molecule has 5 N–H and O–H groups in total. The van der Waals surface area contributed by atoms with Crippen LogP contribution >= 0.6 is 0 Å². The van der Waals surface area contributed by atoms with E-state index in [1.54, 1.807) is 0 Å². The minimum absolute atomic E-state index is 0.376. The van der Waals surface area contributed by atoms with Gasteiger partial charge in [0.15, 0.2) is 0 Å². The van der Waals surface area contributed by atoms with Crippen molar-refractivity contribution in [2.45, 2.75) is 346 Å². The monoisotopic (exact) mass is 880 g/mol. The summed E-state index contributed by atoms with van der Waals surface area (Å²) in [5.74, 6) is -0.575. The van der Waals surface area contributed by atoms with E-state index in [1.807, 2.05) is 0 Å². The van der Waals surface area contributed by atoms with Crippen molar-refractivity contribution in [2.24, 2.45) is 0 Å². The number of carbonyl (C=O) groups is 1. The van der Waals surface area contributed by atoms with Crippen LogP contribution in [0.1, 0.15) is 322 Å². The molecule has 0 saturated carbocycles. The van der Waals surface area contributed by atoms with Gasteiger partial charge in [0, 0.05) is 0 Å². The van der Waals surface area contributed by atoms with E-state index in [2.05, 4.69) is 19.2 Å². The Kier molecular flexibility index (Phi) is 50.7. The maximum atomic E-state index is 12.6. The molecule has 0 aliphatic carbocycles. The Morgan fingerprint density at radius 3 is 0.774 bits per heavy atom. The number of rotatable bonds is 53. The molecule has 0 rings (SSSR count). The summed E-state index contributed by atoms with van der Waals surface area (Å²) in [5.41, 5.74) is 0. The number of hydrogen-bond donors (Lipinski definition) is 5. The Hall–Kier alpha value is -0.690. The van der Waals surface area contributed by atoms with Gasteiger partial charge in [0.2, 0.25) is 5.91 Å². The van der Waals surface area contributed by atoms with Crippen molar-refractivity contribution in [3.8, 4) is 0 Å². The second-order valence-corrected chi connectivity index (χ2v) is 20.0. The Balaban J connectivity index is 3.58. The number of amides is 1. The van der Waals surface area contributed by atoms with Crippen LogP contribution in [-0.2, 0) is 4.79 Å². The average molecular weight is 881 g/mol. The van der Waals surface area contributed by atoms with Gasteiger partial charge in [-0.3, -0.25) is 4.79 Å². The second-order valence-electron chi connectivity index (χ2n) is 20.0. The molecule has 372 valence electrons. The lowest BCUT2D eigenvalue weighted by Crippen LogP contribution is -2.53. The Morgan fingerprint density at radius 2 is 0.548 bits per heavy atom. The van der Waals surface area contributed by atoms with Crippen molar-refractivity contribution in [1.82, 2.24) is 5.32 Å². The van der Waals surface area contributed by atoms with Gasteiger partial charge in [-0.2, -0.15) is 0 Å². The smallest absolute Gasteiger partial charge is 0.249 e. The summed E-state index contributed by atoms with van der Waals surface area (Å²) in [6.07, 6.45) is 58.8. The van der Waals surface area contributed by atoms with Crippen LogP contribution in [0.2, 0.25) is 0 Å². The van der Waals surface area contributed by atoms with E-state index in [4.69, 9.17) is 0 Å². The molecule has 62 heavy (non-hydrogen) atoms. The van der Waals surface area contributed by atoms with E-state index >= 15 is 0 Å². The minimum Gasteiger partial charge on any atom is -0.394 e. The number of unbranched alkanes of at least 4 members (excludes halogenated alkanes) is 44. The van der Waals surface area contributed by atoms with Crippen LogP contribution in [0.5, 0.6) is 0 Å². The summed E-state index contributed by atoms with van der Waals surface area (Å²) < 4.78 is 0. The SMILES string of the molecule is CCCCCCCCCCCCCCCCCCCCCCCCCCC(O)C(O)C(CO)NC(=O)C(O)CCCCCCCCCCCCCCCCCCCCCCCC. The van der Waals surface area contributed by atoms with E-state index in [0.29, 0.717) is 12.8 Å². The molecule has 0 fully saturated rings. The largest absolute Gasteiger partial charge is 0.394 e. The fraction of sp³-hybridized carbons (Fsp3) is 0.982. The fourth-order valence-corrected chi connectivity index (χ4v) is 9.35. The summed E-state index contributed by atoms with van der Waals surface area (Å²) in [7, 11) is 0. The third kappa shape index (κ3) is 44.5. The summed E-state index contributed by atoms with van der Waals surface area (Å²) in [6, 6.07) is -0.981. The lowest BCUT2D eigenvalue weighted by Gasteiger charge is -2.27. The highest BCUT2D eigenvalue weighted by Crippen LogP contribution is 2.19. The van der Waals surface area contributed by atoms with Crippen LogP contribution < -0.4 is 5.32 Å². The molecule has 0 aliphatic rings. The standard InChI is InChI=1S/C56H113NO5/c1-3-5-7-9-11-13-15-17-19-21-23-25-27-28-30-31-33-35-37-39-41-43-45-47-49-53(59)55(61)52(51-58)57-56(62)54(60)50-48-46-44-42-40-38-36-34-32-29-26-24-22-20-18-16-14-12-10-8-6-4-2/h52-55,58-61H,3-51H2,1-2H3,(H,57,62). The lowest BCUT2D eigenvalue weighted by atomic mass is 9.99. The van der Waals surface area contributed by atoms with Crippen LogP contribution in [0.25, 0.3) is 0 Å². The van der Waals surface area contributed by atoms with E-state index in [9.17, 15) is 25.2 Å². The van der Waals surface area contributed by atoms with Crippen LogP contribution in [0, 0.1) is 0 Å². The molecular formula is C56H113NO5. The summed E-state index contributed by atoms with van der Waals surface area (Å²) >= 11 is 0. The molecule has 0 aromatic rings. The van der Waals surface area contributed by atoms with Gasteiger partial charge in [-0.05, 0) is 12.8 Å². The van der Waals surface area contributed by atoms with Crippen molar-refractivity contribution in [3.63, 3.8) is 0 Å². The highest BCUT2D eigenvalue weighted by atomic mass is 16.3. The second kappa shape index (κ2) is 51.3. The van der Waals surface area contributed by atoms with Crippen LogP contribution in [0.15, 0.2) is 0 Å². The molecular weight excluding hydrogens is 767 g/mol. The van der Waals surface area contributed by atoms with Gasteiger partial charge in [0.05, 0.1) is 18.8 Å². The van der Waals surface area contributed by atoms with Gasteiger partial charge in [-0.1, -0.05) is 309 Å². The molecule has 0 saturated heterocycles. The maximum absolute atomic E-state index is 12.6. The molecule has 0 heterocycles. The molecule has 6 heteroatoms. The van der Waals surface area contributed by atoms with Gasteiger partial charge in [0.1, 0.15) is 12.2 Å². The Labute approximate surface area is 388 Å². The zero-order chi connectivity index (χ0) is 45.2. The van der Waals surface area contributed by atoms with Crippen molar-refractivity contribution < 1.29 is 25.2 Å². The molecule has 0 radical (unpaired) electrons. The minimum atomic E-state index is -1.25. The molecule has 0 aromatic carbocycles. The average Bonchev–Trinajstić information content (AvgIpc) is 3.28. The van der Waals surface area contributed by atoms with E-state index in [1.165, 1.54) is 257 Å². The van der Waals surface area contributed by atoms with Crippen LogP contribution in [-0.4, -0.2) is 57.3 Å². The predicted molar refractivity (Wildman–Crippen MR) is 270 cm³/mol. The van der Waals surface area contributed by atoms with Crippen LogP contribution in [0.3, 0.4) is 0 Å². The Bertz CT molecular complexity index is 856. The highest BCUT2D eigenvalue weighted by Gasteiger charge is 2.28. The number of carbonyl (C=O) groups excluding carboxylic acids is 1. The van der Waals surface area contributed by atoms with Gasteiger partial charge >= 0.3 is 0 Å². The number of aliphatic hydroxyl groups excluding tert-OH is 4. The number of nitrogens with one attached hydrogen (secondary N) is 1. The first kappa shape index (κ1) is 61.3.